The van der Waals surface area contributed by atoms with Gasteiger partial charge >= 0.3 is 11.7 Å². The van der Waals surface area contributed by atoms with E-state index in [1.807, 2.05) is 48.0 Å². The van der Waals surface area contributed by atoms with Crippen LogP contribution in [-0.2, 0) is 29.7 Å². The molecule has 4 rings (SSSR count). The maximum absolute atomic E-state index is 13.1. The fraction of sp³-hybridized carbons (Fsp3) is 0.300. The minimum atomic E-state index is -0.515. The van der Waals surface area contributed by atoms with Gasteiger partial charge in [0.05, 0.1) is 20.1 Å². The van der Waals surface area contributed by atoms with Crippen molar-refractivity contribution in [2.75, 3.05) is 7.11 Å². The summed E-state index contributed by atoms with van der Waals surface area (Å²) in [5.41, 5.74) is 1.67. The molecule has 3 heterocycles. The first kappa shape index (κ1) is 18.7. The molecule has 4 aromatic rings. The number of carbonyl (C=O) groups is 1. The van der Waals surface area contributed by atoms with Gasteiger partial charge in [-0.15, -0.1) is 0 Å². The van der Waals surface area contributed by atoms with Crippen molar-refractivity contribution in [3.8, 4) is 0 Å². The average molecular weight is 395 g/mol. The van der Waals surface area contributed by atoms with Crippen LogP contribution in [0.3, 0.4) is 0 Å². The second kappa shape index (κ2) is 7.08. The maximum atomic E-state index is 13.1. The number of aryl methyl sites for hydroxylation is 2. The number of hydrogen-bond acceptors (Lipinski definition) is 5. The molecule has 29 heavy (non-hydrogen) atoms. The van der Waals surface area contributed by atoms with E-state index in [4.69, 9.17) is 0 Å². The zero-order valence-corrected chi connectivity index (χ0v) is 16.5. The minimum absolute atomic E-state index is 0.0505. The smallest absolute Gasteiger partial charge is 0.332 e. The lowest BCUT2D eigenvalue weighted by atomic mass is 10.2. The van der Waals surface area contributed by atoms with Crippen molar-refractivity contribution in [2.24, 2.45) is 7.05 Å². The van der Waals surface area contributed by atoms with E-state index in [0.717, 1.165) is 15.8 Å². The number of carbonyl (C=O) groups excluding carboxylic acids is 1. The van der Waals surface area contributed by atoms with Crippen molar-refractivity contribution in [3.63, 3.8) is 0 Å². The standard InChI is InChI=1S/C20H21N5O4/c1-13-11-25-16-17(21-19(25)24(13)12-14-7-5-4-6-8-14)22(2)20(28)23(18(16)27)10-9-15(26)29-3/h4-8,11H,9-10,12H2,1-3H3. The molecule has 0 unspecified atom stereocenters. The number of ether oxygens (including phenoxy) is 1. The molecule has 3 aromatic heterocycles. The molecule has 0 saturated carbocycles. The predicted octanol–water partition coefficient (Wildman–Crippen LogP) is 1.07. The van der Waals surface area contributed by atoms with Crippen molar-refractivity contribution < 1.29 is 9.53 Å². The summed E-state index contributed by atoms with van der Waals surface area (Å²) in [5, 5.41) is 0. The van der Waals surface area contributed by atoms with Gasteiger partial charge in [0.25, 0.3) is 5.56 Å². The third kappa shape index (κ3) is 3.04. The van der Waals surface area contributed by atoms with Gasteiger partial charge in [-0.25, -0.2) is 4.79 Å². The SMILES string of the molecule is COC(=O)CCn1c(=O)c2c(nc3n(Cc4ccccc4)c(C)cn23)n(C)c1=O. The number of fused-ring (bicyclic) bond motifs is 3. The number of rotatable bonds is 5. The number of esters is 1. The topological polar surface area (TPSA) is 92.5 Å². The lowest BCUT2D eigenvalue weighted by Crippen LogP contribution is -2.39. The van der Waals surface area contributed by atoms with E-state index in [0.29, 0.717) is 23.5 Å². The molecule has 0 atom stereocenters. The van der Waals surface area contributed by atoms with Crippen molar-refractivity contribution in [1.29, 1.82) is 0 Å². The van der Waals surface area contributed by atoms with Crippen LogP contribution in [0.2, 0.25) is 0 Å². The van der Waals surface area contributed by atoms with Crippen LogP contribution in [0.15, 0.2) is 46.1 Å². The molecule has 150 valence electrons. The zero-order valence-electron chi connectivity index (χ0n) is 16.5. The third-order valence-corrected chi connectivity index (χ3v) is 5.09. The van der Waals surface area contributed by atoms with Gasteiger partial charge in [-0.05, 0) is 12.5 Å². The molecule has 0 aliphatic rings. The lowest BCUT2D eigenvalue weighted by molar-refractivity contribution is -0.140. The molecule has 0 spiro atoms. The Labute approximate surface area is 165 Å². The van der Waals surface area contributed by atoms with Gasteiger partial charge in [-0.1, -0.05) is 30.3 Å². The first-order valence-electron chi connectivity index (χ1n) is 9.21. The largest absolute Gasteiger partial charge is 0.469 e. The second-order valence-electron chi connectivity index (χ2n) is 6.92. The molecule has 1 aromatic carbocycles. The van der Waals surface area contributed by atoms with Crippen LogP contribution < -0.4 is 11.2 Å². The van der Waals surface area contributed by atoms with Crippen molar-refractivity contribution in [1.82, 2.24) is 23.1 Å². The Hall–Kier alpha value is -3.62. The molecule has 0 radical (unpaired) electrons. The summed E-state index contributed by atoms with van der Waals surface area (Å²) in [6, 6.07) is 9.94. The third-order valence-electron chi connectivity index (χ3n) is 5.09. The Balaban J connectivity index is 1.91. The highest BCUT2D eigenvalue weighted by molar-refractivity contribution is 5.76. The van der Waals surface area contributed by atoms with Gasteiger partial charge in [-0.3, -0.25) is 23.1 Å². The molecule has 9 heteroatoms. The van der Waals surface area contributed by atoms with E-state index in [1.165, 1.54) is 11.7 Å². The van der Waals surface area contributed by atoms with Crippen LogP contribution in [0.5, 0.6) is 0 Å². The van der Waals surface area contributed by atoms with E-state index in [1.54, 1.807) is 11.4 Å². The first-order valence-corrected chi connectivity index (χ1v) is 9.21. The highest BCUT2D eigenvalue weighted by atomic mass is 16.5. The van der Waals surface area contributed by atoms with Crippen LogP contribution in [0, 0.1) is 6.92 Å². The Kier molecular flexibility index (Phi) is 4.57. The number of nitrogens with zero attached hydrogens (tertiary/aromatic N) is 5. The fourth-order valence-electron chi connectivity index (χ4n) is 3.52. The summed E-state index contributed by atoms with van der Waals surface area (Å²) in [5.74, 6) is 0.0986. The van der Waals surface area contributed by atoms with E-state index in [9.17, 15) is 14.4 Å². The Morgan fingerprint density at radius 2 is 1.86 bits per heavy atom. The summed E-state index contributed by atoms with van der Waals surface area (Å²) < 4.78 is 10.7. The highest BCUT2D eigenvalue weighted by Crippen LogP contribution is 2.17. The van der Waals surface area contributed by atoms with Crippen LogP contribution in [0.25, 0.3) is 16.9 Å². The fourth-order valence-corrected chi connectivity index (χ4v) is 3.52. The lowest BCUT2D eigenvalue weighted by Gasteiger charge is -2.07. The maximum Gasteiger partial charge on any atom is 0.332 e. The van der Waals surface area contributed by atoms with Gasteiger partial charge < -0.3 is 9.30 Å². The summed E-state index contributed by atoms with van der Waals surface area (Å²) in [6.45, 7) is 2.49. The number of methoxy groups -OCH3 is 1. The predicted molar refractivity (Wildman–Crippen MR) is 107 cm³/mol. The molecule has 9 nitrogen and oxygen atoms in total. The Morgan fingerprint density at radius 3 is 2.55 bits per heavy atom. The van der Waals surface area contributed by atoms with Gasteiger partial charge in [0, 0.05) is 25.5 Å². The van der Waals surface area contributed by atoms with Crippen molar-refractivity contribution in [3.05, 3.63) is 68.6 Å². The highest BCUT2D eigenvalue weighted by Gasteiger charge is 2.20. The number of benzene rings is 1. The number of imidazole rings is 2. The van der Waals surface area contributed by atoms with Gasteiger partial charge in [-0.2, -0.15) is 4.98 Å². The van der Waals surface area contributed by atoms with Crippen LogP contribution in [0.4, 0.5) is 0 Å². The van der Waals surface area contributed by atoms with Crippen molar-refractivity contribution in [2.45, 2.75) is 26.4 Å². The van der Waals surface area contributed by atoms with E-state index >= 15 is 0 Å². The van der Waals surface area contributed by atoms with Gasteiger partial charge in [0.2, 0.25) is 5.78 Å². The summed E-state index contributed by atoms with van der Waals surface area (Å²) in [4.78, 5) is 41.8. The number of hydrogen-bond donors (Lipinski definition) is 0. The molecule has 0 aliphatic heterocycles. The first-order chi connectivity index (χ1) is 13.9. The molecule has 0 fully saturated rings. The quantitative estimate of drug-likeness (QED) is 0.471. The molecule has 0 N–H and O–H groups in total. The van der Waals surface area contributed by atoms with Crippen LogP contribution in [-0.4, -0.2) is 36.2 Å². The molecular weight excluding hydrogens is 374 g/mol. The van der Waals surface area contributed by atoms with Crippen LogP contribution >= 0.6 is 0 Å². The van der Waals surface area contributed by atoms with E-state index in [-0.39, 0.29) is 13.0 Å². The second-order valence-corrected chi connectivity index (χ2v) is 6.92. The van der Waals surface area contributed by atoms with Crippen molar-refractivity contribution >= 4 is 22.9 Å². The summed E-state index contributed by atoms with van der Waals surface area (Å²) in [6.07, 6.45) is 1.78. The molecular formula is C20H21N5O4. The van der Waals surface area contributed by atoms with Crippen LogP contribution in [0.1, 0.15) is 17.7 Å². The normalized spacial score (nSPS) is 11.4. The summed E-state index contributed by atoms with van der Waals surface area (Å²) in [7, 11) is 2.84. The van der Waals surface area contributed by atoms with E-state index < -0.39 is 17.2 Å². The van der Waals surface area contributed by atoms with Gasteiger partial charge in [0.1, 0.15) is 0 Å². The molecule has 0 aliphatic carbocycles. The molecule has 0 amide bonds. The zero-order chi connectivity index (χ0) is 20.7. The minimum Gasteiger partial charge on any atom is -0.469 e. The van der Waals surface area contributed by atoms with E-state index in [2.05, 4.69) is 9.72 Å². The number of aromatic nitrogens is 5. The monoisotopic (exact) mass is 395 g/mol. The molecule has 0 bridgehead atoms. The Bertz CT molecular complexity index is 1340. The Morgan fingerprint density at radius 1 is 1.14 bits per heavy atom. The summed E-state index contributed by atoms with van der Waals surface area (Å²) >= 11 is 0. The molecule has 0 saturated heterocycles. The van der Waals surface area contributed by atoms with Gasteiger partial charge in [0.15, 0.2) is 11.2 Å². The average Bonchev–Trinajstić information content (AvgIpc) is 3.23.